The molecular weight excluding hydrogens is 274 g/mol. The Hall–Kier alpha value is -2.94. The third-order valence-corrected chi connectivity index (χ3v) is 3.47. The molecule has 0 saturated heterocycles. The second-order valence-corrected chi connectivity index (χ2v) is 4.86. The topological polar surface area (TPSA) is 46.2 Å². The Morgan fingerprint density at radius 3 is 2.32 bits per heavy atom. The van der Waals surface area contributed by atoms with E-state index in [1.54, 1.807) is 6.07 Å². The highest BCUT2D eigenvalue weighted by molar-refractivity contribution is 6.13. The molecule has 1 aromatic carbocycles. The summed E-state index contributed by atoms with van der Waals surface area (Å²) in [6.07, 6.45) is 4.47. The number of nitrogens with one attached hydrogen (secondary N) is 1. The third kappa shape index (κ3) is 2.74. The van der Waals surface area contributed by atoms with E-state index in [1.807, 2.05) is 18.2 Å². The highest BCUT2D eigenvalue weighted by Gasteiger charge is 2.21. The first kappa shape index (κ1) is 15.4. The van der Waals surface area contributed by atoms with Crippen LogP contribution < -0.4 is 5.32 Å². The molecule has 0 unspecified atom stereocenters. The first-order valence-electron chi connectivity index (χ1n) is 6.81. The number of Topliss-reactive ketones (excluding diaryl/α,β-unsaturated/α-hetero) is 1. The Morgan fingerprint density at radius 1 is 1.14 bits per heavy atom. The van der Waals surface area contributed by atoms with Crippen LogP contribution in [0.4, 0.5) is 0 Å². The fraction of sp³-hybridized carbons (Fsp3) is 0.0526. The van der Waals surface area contributed by atoms with Crippen molar-refractivity contribution in [3.8, 4) is 0 Å². The molecule has 0 fully saturated rings. The van der Waals surface area contributed by atoms with Gasteiger partial charge in [0.1, 0.15) is 0 Å². The number of allylic oxidation sites excluding steroid dienone is 5. The maximum Gasteiger partial charge on any atom is 0.188 e. The summed E-state index contributed by atoms with van der Waals surface area (Å²) < 4.78 is 0. The summed E-state index contributed by atoms with van der Waals surface area (Å²) in [4.78, 5) is 23.8. The molecule has 3 heteroatoms. The molecule has 110 valence electrons. The van der Waals surface area contributed by atoms with Crippen LogP contribution in [0, 0.1) is 0 Å². The van der Waals surface area contributed by atoms with Gasteiger partial charge in [-0.25, -0.2) is 0 Å². The Bertz CT molecular complexity index is 763. The molecule has 0 atom stereocenters. The summed E-state index contributed by atoms with van der Waals surface area (Å²) >= 11 is 0. The quantitative estimate of drug-likeness (QED) is 0.666. The van der Waals surface area contributed by atoms with Crippen LogP contribution in [0.2, 0.25) is 0 Å². The maximum atomic E-state index is 12.2. The molecule has 1 N–H and O–H groups in total. The molecule has 2 rings (SSSR count). The number of hydrogen-bond acceptors (Lipinski definition) is 3. The Labute approximate surface area is 130 Å². The molecule has 0 aliphatic heterocycles. The molecule has 0 amide bonds. The molecule has 0 radical (unpaired) electrons. The molecule has 22 heavy (non-hydrogen) atoms. The second-order valence-electron chi connectivity index (χ2n) is 4.86. The summed E-state index contributed by atoms with van der Waals surface area (Å²) in [5.41, 5.74) is 3.57. The predicted molar refractivity (Wildman–Crippen MR) is 89.1 cm³/mol. The highest BCUT2D eigenvalue weighted by atomic mass is 16.1. The first-order chi connectivity index (χ1) is 10.5. The number of carbonyl (C=O) groups excluding carboxylic acids is 2. The van der Waals surface area contributed by atoms with Gasteiger partial charge in [-0.15, -0.1) is 0 Å². The Kier molecular flexibility index (Phi) is 4.37. The average Bonchev–Trinajstić information content (AvgIpc) is 2.51. The van der Waals surface area contributed by atoms with E-state index in [0.717, 1.165) is 5.56 Å². The van der Waals surface area contributed by atoms with E-state index in [1.165, 1.54) is 25.2 Å². The van der Waals surface area contributed by atoms with Crippen LogP contribution in [-0.4, -0.2) is 11.6 Å². The number of ketones is 2. The van der Waals surface area contributed by atoms with E-state index < -0.39 is 0 Å². The zero-order valence-electron chi connectivity index (χ0n) is 12.5. The zero-order valence-corrected chi connectivity index (χ0v) is 12.5. The van der Waals surface area contributed by atoms with E-state index >= 15 is 0 Å². The van der Waals surface area contributed by atoms with E-state index in [4.69, 9.17) is 0 Å². The monoisotopic (exact) mass is 291 g/mol. The van der Waals surface area contributed by atoms with Crippen LogP contribution in [-0.2, 0) is 4.79 Å². The lowest BCUT2D eigenvalue weighted by molar-refractivity contribution is -0.113. The molecule has 1 aliphatic rings. The average molecular weight is 291 g/mol. The van der Waals surface area contributed by atoms with Crippen molar-refractivity contribution in [1.82, 2.24) is 5.32 Å². The van der Waals surface area contributed by atoms with Gasteiger partial charge in [0, 0.05) is 28.6 Å². The van der Waals surface area contributed by atoms with E-state index in [2.05, 4.69) is 25.1 Å². The van der Waals surface area contributed by atoms with Gasteiger partial charge in [-0.2, -0.15) is 0 Å². The fourth-order valence-electron chi connectivity index (χ4n) is 2.33. The van der Waals surface area contributed by atoms with Crippen molar-refractivity contribution in [3.63, 3.8) is 0 Å². The minimum Gasteiger partial charge on any atom is -0.354 e. The lowest BCUT2D eigenvalue weighted by Crippen LogP contribution is -2.21. The molecule has 3 nitrogen and oxygen atoms in total. The van der Waals surface area contributed by atoms with Crippen LogP contribution in [0.1, 0.15) is 22.8 Å². The maximum absolute atomic E-state index is 12.2. The minimum absolute atomic E-state index is 0.100. The van der Waals surface area contributed by atoms with E-state index in [9.17, 15) is 9.59 Å². The molecule has 0 aromatic heterocycles. The van der Waals surface area contributed by atoms with Crippen LogP contribution >= 0.6 is 0 Å². The summed E-state index contributed by atoms with van der Waals surface area (Å²) in [6.45, 7) is 12.8. The van der Waals surface area contributed by atoms with Gasteiger partial charge in [-0.3, -0.25) is 9.59 Å². The number of hydrogen-bond donors (Lipinski definition) is 1. The van der Waals surface area contributed by atoms with Crippen LogP contribution in [0.25, 0.3) is 5.57 Å². The van der Waals surface area contributed by atoms with Crippen molar-refractivity contribution in [2.24, 2.45) is 0 Å². The smallest absolute Gasteiger partial charge is 0.188 e. The van der Waals surface area contributed by atoms with Gasteiger partial charge in [-0.1, -0.05) is 50.1 Å². The van der Waals surface area contributed by atoms with Crippen molar-refractivity contribution in [1.29, 1.82) is 0 Å². The van der Waals surface area contributed by atoms with Crippen molar-refractivity contribution >= 4 is 17.1 Å². The summed E-state index contributed by atoms with van der Waals surface area (Å²) in [5, 5.41) is 3.07. The normalized spacial score (nSPS) is 14.5. The van der Waals surface area contributed by atoms with Crippen molar-refractivity contribution in [3.05, 3.63) is 90.3 Å². The lowest BCUT2D eigenvalue weighted by atomic mass is 9.90. The van der Waals surface area contributed by atoms with Crippen molar-refractivity contribution in [2.45, 2.75) is 6.92 Å². The first-order valence-corrected chi connectivity index (χ1v) is 6.81. The Morgan fingerprint density at radius 2 is 1.77 bits per heavy atom. The van der Waals surface area contributed by atoms with Gasteiger partial charge in [0.05, 0.1) is 0 Å². The SMILES string of the molecule is C=C/C(NC1=CC(=O)c2ccccc2C1=C)=C(\C=C)C(C)=O. The van der Waals surface area contributed by atoms with Crippen LogP contribution in [0.5, 0.6) is 0 Å². The number of benzene rings is 1. The van der Waals surface area contributed by atoms with Gasteiger partial charge in [0.25, 0.3) is 0 Å². The van der Waals surface area contributed by atoms with Gasteiger partial charge >= 0.3 is 0 Å². The van der Waals surface area contributed by atoms with Gasteiger partial charge in [-0.05, 0) is 24.1 Å². The largest absolute Gasteiger partial charge is 0.354 e. The lowest BCUT2D eigenvalue weighted by Gasteiger charge is -2.21. The molecule has 0 bridgehead atoms. The zero-order chi connectivity index (χ0) is 16.3. The van der Waals surface area contributed by atoms with E-state index in [0.29, 0.717) is 28.1 Å². The molecule has 0 spiro atoms. The van der Waals surface area contributed by atoms with Gasteiger partial charge < -0.3 is 5.32 Å². The predicted octanol–water partition coefficient (Wildman–Crippen LogP) is 3.58. The summed E-state index contributed by atoms with van der Waals surface area (Å²) in [6, 6.07) is 7.29. The van der Waals surface area contributed by atoms with Gasteiger partial charge in [0.2, 0.25) is 0 Å². The number of carbonyl (C=O) groups is 2. The number of fused-ring (bicyclic) bond motifs is 1. The molecular formula is C19H17NO2. The Balaban J connectivity index is 2.45. The molecule has 0 heterocycles. The van der Waals surface area contributed by atoms with Gasteiger partial charge in [0.15, 0.2) is 11.6 Å². The van der Waals surface area contributed by atoms with Crippen molar-refractivity contribution < 1.29 is 9.59 Å². The fourth-order valence-corrected chi connectivity index (χ4v) is 2.33. The van der Waals surface area contributed by atoms with Crippen LogP contribution in [0.3, 0.4) is 0 Å². The highest BCUT2D eigenvalue weighted by Crippen LogP contribution is 2.29. The molecule has 1 aromatic rings. The van der Waals surface area contributed by atoms with E-state index in [-0.39, 0.29) is 11.6 Å². The third-order valence-electron chi connectivity index (χ3n) is 3.47. The van der Waals surface area contributed by atoms with Crippen molar-refractivity contribution in [2.75, 3.05) is 0 Å². The summed E-state index contributed by atoms with van der Waals surface area (Å²) in [5.74, 6) is -0.233. The number of rotatable bonds is 5. The molecule has 1 aliphatic carbocycles. The molecule has 0 saturated carbocycles. The standard InChI is InChI=1S/C19H17NO2/c1-5-14(13(4)21)17(6-2)20-18-11-19(22)16-10-8-7-9-15(16)12(18)3/h5-11,20H,1-3H2,4H3/b17-14-. The minimum atomic E-state index is -0.133. The second kappa shape index (κ2) is 6.22. The summed E-state index contributed by atoms with van der Waals surface area (Å²) in [7, 11) is 0. The van der Waals surface area contributed by atoms with Crippen LogP contribution in [0.15, 0.2) is 79.2 Å².